The Morgan fingerprint density at radius 1 is 1.06 bits per heavy atom. The lowest BCUT2D eigenvalue weighted by atomic mass is 10.0. The first-order chi connectivity index (χ1) is 14.3. The van der Waals surface area contributed by atoms with Gasteiger partial charge in [-0.05, 0) is 40.2 Å². The van der Waals surface area contributed by atoms with Gasteiger partial charge in [-0.25, -0.2) is 9.59 Å². The average Bonchev–Trinajstić information content (AvgIpc) is 2.66. The first-order valence-electron chi connectivity index (χ1n) is 9.73. The van der Waals surface area contributed by atoms with E-state index in [4.69, 9.17) is 18.5 Å². The standard InChI is InChI=1S/C20H30F2NO7P/c1-7-28-31(26,29-8-2)20(21,22)15-11-9-14(10-12-15)13-16(17(24)27-6)23-18(25)30-19(3,4)5/h9-12,16H,7-8,13H2,1-6H3,(H,23,25)/t16-/m0/s1. The van der Waals surface area contributed by atoms with Gasteiger partial charge in [0.05, 0.1) is 20.3 Å². The van der Waals surface area contributed by atoms with Crippen molar-refractivity contribution in [3.63, 3.8) is 0 Å². The quantitative estimate of drug-likeness (QED) is 0.398. The molecule has 0 radical (unpaired) electrons. The van der Waals surface area contributed by atoms with Crippen molar-refractivity contribution in [2.24, 2.45) is 0 Å². The fourth-order valence-electron chi connectivity index (χ4n) is 2.56. The summed E-state index contributed by atoms with van der Waals surface area (Å²) >= 11 is 0. The highest BCUT2D eigenvalue weighted by Gasteiger charge is 2.54. The summed E-state index contributed by atoms with van der Waals surface area (Å²) in [6.07, 6.45) is -0.854. The van der Waals surface area contributed by atoms with Crippen LogP contribution >= 0.6 is 7.60 Å². The number of alkyl carbamates (subject to hydrolysis) is 1. The van der Waals surface area contributed by atoms with Crippen LogP contribution in [0.4, 0.5) is 13.6 Å². The molecule has 0 saturated carbocycles. The van der Waals surface area contributed by atoms with Crippen molar-refractivity contribution < 1.29 is 41.5 Å². The molecule has 0 unspecified atom stereocenters. The molecule has 1 amide bonds. The van der Waals surface area contributed by atoms with Gasteiger partial charge >= 0.3 is 25.3 Å². The summed E-state index contributed by atoms with van der Waals surface area (Å²) in [6.45, 7) is 7.47. The summed E-state index contributed by atoms with van der Waals surface area (Å²) in [7, 11) is -3.57. The normalized spacial score (nSPS) is 13.4. The number of methoxy groups -OCH3 is 1. The van der Waals surface area contributed by atoms with Crippen LogP contribution in [0.15, 0.2) is 24.3 Å². The fourth-order valence-corrected chi connectivity index (χ4v) is 4.10. The molecule has 176 valence electrons. The molecular formula is C20H30F2NO7P. The van der Waals surface area contributed by atoms with Gasteiger partial charge < -0.3 is 23.8 Å². The van der Waals surface area contributed by atoms with E-state index in [-0.39, 0.29) is 19.6 Å². The Labute approximate surface area is 181 Å². The number of ether oxygens (including phenoxy) is 2. The van der Waals surface area contributed by atoms with Crippen molar-refractivity contribution in [2.75, 3.05) is 20.3 Å². The molecule has 0 aromatic heterocycles. The number of nitrogens with one attached hydrogen (secondary N) is 1. The zero-order valence-electron chi connectivity index (χ0n) is 18.6. The number of carbonyl (C=O) groups is 2. The molecule has 0 aliphatic rings. The molecule has 1 atom stereocenters. The molecule has 1 N–H and O–H groups in total. The van der Waals surface area contributed by atoms with Crippen LogP contribution in [0.5, 0.6) is 0 Å². The van der Waals surface area contributed by atoms with Gasteiger partial charge in [-0.1, -0.05) is 24.3 Å². The largest absolute Gasteiger partial charge is 0.467 e. The first kappa shape index (κ1) is 27.0. The molecule has 0 fully saturated rings. The van der Waals surface area contributed by atoms with Crippen molar-refractivity contribution in [3.8, 4) is 0 Å². The van der Waals surface area contributed by atoms with Gasteiger partial charge in [0.1, 0.15) is 11.6 Å². The third kappa shape index (κ3) is 7.55. The SMILES string of the molecule is CCOP(=O)(OCC)C(F)(F)c1ccc(C[C@H](NC(=O)OC(C)(C)C)C(=O)OC)cc1. The van der Waals surface area contributed by atoms with Crippen LogP contribution in [0.2, 0.25) is 0 Å². The molecule has 1 rings (SSSR count). The number of rotatable bonds is 10. The van der Waals surface area contributed by atoms with Gasteiger partial charge in [-0.2, -0.15) is 8.78 Å². The van der Waals surface area contributed by atoms with Gasteiger partial charge in [0.25, 0.3) is 0 Å². The predicted molar refractivity (Wildman–Crippen MR) is 110 cm³/mol. The number of hydrogen-bond donors (Lipinski definition) is 1. The molecule has 0 spiro atoms. The molecule has 0 bridgehead atoms. The Morgan fingerprint density at radius 2 is 1.58 bits per heavy atom. The van der Waals surface area contributed by atoms with Crippen molar-refractivity contribution in [1.29, 1.82) is 0 Å². The number of esters is 1. The summed E-state index contributed by atoms with van der Waals surface area (Å²) in [5.74, 6) is -0.725. The number of alkyl halides is 2. The maximum absolute atomic E-state index is 14.8. The predicted octanol–water partition coefficient (Wildman–Crippen LogP) is 4.61. The summed E-state index contributed by atoms with van der Waals surface area (Å²) in [4.78, 5) is 24.0. The lowest BCUT2D eigenvalue weighted by Crippen LogP contribution is -2.45. The van der Waals surface area contributed by atoms with Gasteiger partial charge in [-0.15, -0.1) is 0 Å². The first-order valence-corrected chi connectivity index (χ1v) is 11.3. The maximum Gasteiger partial charge on any atom is 0.408 e. The Balaban J connectivity index is 3.05. The average molecular weight is 465 g/mol. The molecule has 0 aliphatic carbocycles. The van der Waals surface area contributed by atoms with Gasteiger partial charge in [-0.3, -0.25) is 4.57 Å². The molecular weight excluding hydrogens is 435 g/mol. The van der Waals surface area contributed by atoms with Gasteiger partial charge in [0, 0.05) is 12.0 Å². The van der Waals surface area contributed by atoms with E-state index in [1.807, 2.05) is 0 Å². The summed E-state index contributed by atoms with van der Waals surface area (Å²) in [5, 5.41) is 2.41. The Bertz CT molecular complexity index is 784. The summed E-state index contributed by atoms with van der Waals surface area (Å²) in [5.41, 5.74) is -4.74. The second-order valence-corrected chi connectivity index (χ2v) is 9.57. The topological polar surface area (TPSA) is 100 Å². The monoisotopic (exact) mass is 465 g/mol. The third-order valence-electron chi connectivity index (χ3n) is 3.86. The molecule has 0 heterocycles. The number of amides is 1. The Kier molecular flexibility index (Phi) is 9.60. The Hall–Kier alpha value is -2.03. The van der Waals surface area contributed by atoms with E-state index in [0.29, 0.717) is 5.56 Å². The molecule has 0 saturated heterocycles. The lowest BCUT2D eigenvalue weighted by molar-refractivity contribution is -0.143. The van der Waals surface area contributed by atoms with E-state index < -0.39 is 42.5 Å². The molecule has 1 aromatic rings. The minimum atomic E-state index is -4.73. The van der Waals surface area contributed by atoms with Crippen LogP contribution in [-0.2, 0) is 40.0 Å². The lowest BCUT2D eigenvalue weighted by Gasteiger charge is -2.26. The summed E-state index contributed by atoms with van der Waals surface area (Å²) < 4.78 is 61.6. The highest BCUT2D eigenvalue weighted by molar-refractivity contribution is 7.54. The molecule has 0 aliphatic heterocycles. The smallest absolute Gasteiger partial charge is 0.408 e. The maximum atomic E-state index is 14.8. The number of hydrogen-bond acceptors (Lipinski definition) is 7. The van der Waals surface area contributed by atoms with Crippen molar-refractivity contribution in [2.45, 2.75) is 58.3 Å². The van der Waals surface area contributed by atoms with Crippen molar-refractivity contribution in [3.05, 3.63) is 35.4 Å². The van der Waals surface area contributed by atoms with Crippen LogP contribution < -0.4 is 5.32 Å². The highest BCUT2D eigenvalue weighted by atomic mass is 31.2. The second-order valence-electron chi connectivity index (χ2n) is 7.50. The van der Waals surface area contributed by atoms with Crippen LogP contribution in [0.25, 0.3) is 0 Å². The van der Waals surface area contributed by atoms with Gasteiger partial charge in [0.15, 0.2) is 0 Å². The van der Waals surface area contributed by atoms with Crippen LogP contribution in [0.3, 0.4) is 0 Å². The van der Waals surface area contributed by atoms with Crippen molar-refractivity contribution >= 4 is 19.7 Å². The van der Waals surface area contributed by atoms with Crippen LogP contribution in [-0.4, -0.2) is 44.0 Å². The number of carbonyl (C=O) groups excluding carboxylic acids is 2. The highest BCUT2D eigenvalue weighted by Crippen LogP contribution is 2.66. The summed E-state index contributed by atoms with van der Waals surface area (Å²) in [6, 6.07) is 3.71. The van der Waals surface area contributed by atoms with E-state index in [2.05, 4.69) is 5.32 Å². The molecule has 11 heteroatoms. The van der Waals surface area contributed by atoms with E-state index in [0.717, 1.165) is 19.2 Å². The van der Waals surface area contributed by atoms with Crippen LogP contribution in [0.1, 0.15) is 45.7 Å². The minimum Gasteiger partial charge on any atom is -0.467 e. The molecule has 1 aromatic carbocycles. The van der Waals surface area contributed by atoms with E-state index in [9.17, 15) is 22.9 Å². The Morgan fingerprint density at radius 3 is 2.00 bits per heavy atom. The minimum absolute atomic E-state index is 0.0354. The molecule has 8 nitrogen and oxygen atoms in total. The van der Waals surface area contributed by atoms with Crippen molar-refractivity contribution in [1.82, 2.24) is 5.32 Å². The zero-order valence-corrected chi connectivity index (χ0v) is 19.5. The van der Waals surface area contributed by atoms with Crippen LogP contribution in [0, 0.1) is 0 Å². The fraction of sp³-hybridized carbons (Fsp3) is 0.600. The number of halogens is 2. The van der Waals surface area contributed by atoms with E-state index >= 15 is 0 Å². The van der Waals surface area contributed by atoms with E-state index in [1.54, 1.807) is 20.8 Å². The zero-order chi connectivity index (χ0) is 23.9. The second kappa shape index (κ2) is 11.0. The third-order valence-corrected chi connectivity index (χ3v) is 6.00. The number of benzene rings is 1. The molecule has 31 heavy (non-hydrogen) atoms. The van der Waals surface area contributed by atoms with Gasteiger partial charge in [0.2, 0.25) is 0 Å². The van der Waals surface area contributed by atoms with E-state index in [1.165, 1.54) is 26.0 Å².